The molecule has 1 aliphatic rings. The van der Waals surface area contributed by atoms with Gasteiger partial charge in [-0.1, -0.05) is 5.16 Å². The number of amides is 3. The molecular formula is C13H13ClN5NaO8S2. The van der Waals surface area contributed by atoms with Crippen LogP contribution in [0.3, 0.4) is 0 Å². The number of carbonyl (C=O) groups excluding carboxylic acids is 4. The Kier molecular flexibility index (Phi) is 9.34. The molecule has 13 nitrogen and oxygen atoms in total. The van der Waals surface area contributed by atoms with Crippen molar-refractivity contribution in [1.29, 1.82) is 0 Å². The number of aromatic nitrogens is 1. The molecule has 2 heterocycles. The molecule has 3 amide bonds. The van der Waals surface area contributed by atoms with Crippen molar-refractivity contribution >= 4 is 67.6 Å². The monoisotopic (exact) mass is 489 g/mol. The van der Waals surface area contributed by atoms with E-state index in [4.69, 9.17) is 11.6 Å². The SMILES string of the molecule is CON=C(C(=O)NC1C(=O)N(S(=O)(=O)[O-])C1C(C)=O)c1csc(NC(=O)CCl)n1.[Na+]. The minimum atomic E-state index is -5.23. The van der Waals surface area contributed by atoms with E-state index < -0.39 is 51.6 Å². The summed E-state index contributed by atoms with van der Waals surface area (Å²) < 4.78 is 33.3. The van der Waals surface area contributed by atoms with Gasteiger partial charge in [0, 0.05) is 5.38 Å². The van der Waals surface area contributed by atoms with Gasteiger partial charge in [0.2, 0.25) is 5.91 Å². The predicted octanol–water partition coefficient (Wildman–Crippen LogP) is -4.58. The Morgan fingerprint density at radius 1 is 1.43 bits per heavy atom. The second kappa shape index (κ2) is 10.6. The Morgan fingerprint density at radius 3 is 2.57 bits per heavy atom. The van der Waals surface area contributed by atoms with Crippen LogP contribution in [-0.2, 0) is 34.3 Å². The van der Waals surface area contributed by atoms with Crippen LogP contribution in [0.5, 0.6) is 0 Å². The molecule has 1 aromatic heterocycles. The first-order chi connectivity index (χ1) is 13.5. The molecule has 0 aromatic carbocycles. The van der Waals surface area contributed by atoms with Gasteiger partial charge < -0.3 is 20.0 Å². The summed E-state index contributed by atoms with van der Waals surface area (Å²) in [7, 11) is -4.09. The van der Waals surface area contributed by atoms with Gasteiger partial charge in [-0.15, -0.1) is 22.9 Å². The number of anilines is 1. The molecule has 1 fully saturated rings. The third kappa shape index (κ3) is 5.75. The molecule has 2 unspecified atom stereocenters. The van der Waals surface area contributed by atoms with Crippen molar-refractivity contribution in [1.82, 2.24) is 14.6 Å². The van der Waals surface area contributed by atoms with E-state index in [2.05, 4.69) is 25.6 Å². The van der Waals surface area contributed by atoms with Crippen molar-refractivity contribution in [3.63, 3.8) is 0 Å². The molecule has 17 heteroatoms. The number of thiazole rings is 1. The standard InChI is InChI=1S/C13H14ClN5O8S2.Na/c1-5(20)10-9(12(23)19(10)29(24,25)26)17-11(22)8(18-27-2)6-4-28-13(15-6)16-7(21)3-14;/h4,9-10H,3H2,1-2H3,(H,17,22)(H,15,16,21)(H,24,25,26);/q;+1/p-1. The summed E-state index contributed by atoms with van der Waals surface area (Å²) in [6.45, 7) is 0.963. The zero-order valence-corrected chi connectivity index (χ0v) is 20.1. The van der Waals surface area contributed by atoms with Gasteiger partial charge in [0.15, 0.2) is 26.9 Å². The van der Waals surface area contributed by atoms with Gasteiger partial charge in [-0.2, -0.15) is 0 Å². The topological polar surface area (TPSA) is 187 Å². The number of oxime groups is 1. The molecule has 0 radical (unpaired) electrons. The summed E-state index contributed by atoms with van der Waals surface area (Å²) in [5.41, 5.74) is -0.465. The summed E-state index contributed by atoms with van der Waals surface area (Å²) in [5, 5.41) is 9.45. The second-order valence-electron chi connectivity index (χ2n) is 5.44. The molecule has 0 spiro atoms. The smallest absolute Gasteiger partial charge is 0.731 e. The van der Waals surface area contributed by atoms with Gasteiger partial charge in [0.05, 0.1) is 0 Å². The third-order valence-electron chi connectivity index (χ3n) is 3.51. The quantitative estimate of drug-likeness (QED) is 0.0904. The van der Waals surface area contributed by atoms with Crippen molar-refractivity contribution in [3.05, 3.63) is 11.1 Å². The predicted molar refractivity (Wildman–Crippen MR) is 98.0 cm³/mol. The molecule has 2 atom stereocenters. The van der Waals surface area contributed by atoms with Gasteiger partial charge in [-0.3, -0.25) is 19.2 Å². The molecule has 30 heavy (non-hydrogen) atoms. The normalized spacial score (nSPS) is 18.7. The average molecular weight is 490 g/mol. The fourth-order valence-corrected chi connectivity index (χ4v) is 4.01. The maximum atomic E-state index is 12.5. The van der Waals surface area contributed by atoms with E-state index in [0.29, 0.717) is 0 Å². The largest absolute Gasteiger partial charge is 1.00 e. The Labute approximate surface area is 201 Å². The maximum Gasteiger partial charge on any atom is 1.00 e. The van der Waals surface area contributed by atoms with Crippen LogP contribution < -0.4 is 40.2 Å². The number of halogens is 1. The molecule has 0 aliphatic carbocycles. The van der Waals surface area contributed by atoms with Crippen LogP contribution in [0.4, 0.5) is 5.13 Å². The second-order valence-corrected chi connectivity index (χ2v) is 7.81. The summed E-state index contributed by atoms with van der Waals surface area (Å²) in [6, 6.07) is -3.26. The van der Waals surface area contributed by atoms with Gasteiger partial charge in [0.1, 0.15) is 30.8 Å². The first-order valence-electron chi connectivity index (χ1n) is 7.54. The number of β-lactam (4-membered cyclic amide) rings is 1. The number of nitrogens with zero attached hydrogens (tertiary/aromatic N) is 3. The summed E-state index contributed by atoms with van der Waals surface area (Å²) in [5.74, 6) is -3.97. The Hall–Kier alpha value is -1.62. The van der Waals surface area contributed by atoms with Gasteiger partial charge in [-0.05, 0) is 6.92 Å². The van der Waals surface area contributed by atoms with Crippen molar-refractivity contribution in [2.24, 2.45) is 5.16 Å². The van der Waals surface area contributed by atoms with Crippen LogP contribution in [0.2, 0.25) is 0 Å². The molecular weight excluding hydrogens is 477 g/mol. The van der Waals surface area contributed by atoms with Crippen LogP contribution in [0.25, 0.3) is 0 Å². The van der Waals surface area contributed by atoms with Gasteiger partial charge in [0.25, 0.3) is 11.8 Å². The molecule has 0 bridgehead atoms. The number of ketones is 1. The number of nitrogens with one attached hydrogen (secondary N) is 2. The molecule has 0 saturated carbocycles. The average Bonchev–Trinajstić information content (AvgIpc) is 3.07. The first-order valence-corrected chi connectivity index (χ1v) is 10.3. The Morgan fingerprint density at radius 2 is 2.07 bits per heavy atom. The van der Waals surface area contributed by atoms with E-state index in [1.807, 2.05) is 0 Å². The number of alkyl halides is 1. The van der Waals surface area contributed by atoms with Crippen molar-refractivity contribution < 1.29 is 66.5 Å². The zero-order chi connectivity index (χ0) is 21.9. The van der Waals surface area contributed by atoms with Crippen LogP contribution in [-0.4, -0.2) is 76.5 Å². The summed E-state index contributed by atoms with van der Waals surface area (Å²) in [4.78, 5) is 56.0. The molecule has 1 aromatic rings. The van der Waals surface area contributed by atoms with Crippen LogP contribution in [0, 0.1) is 0 Å². The van der Waals surface area contributed by atoms with Crippen LogP contribution in [0.1, 0.15) is 12.6 Å². The third-order valence-corrected chi connectivity index (χ3v) is 5.40. The molecule has 158 valence electrons. The maximum absolute atomic E-state index is 12.5. The van der Waals surface area contributed by atoms with Crippen LogP contribution >= 0.6 is 22.9 Å². The molecule has 1 aliphatic heterocycles. The summed E-state index contributed by atoms with van der Waals surface area (Å²) >= 11 is 6.32. The van der Waals surface area contributed by atoms with E-state index in [-0.39, 0.29) is 50.6 Å². The summed E-state index contributed by atoms with van der Waals surface area (Å²) in [6.07, 6.45) is 0. The van der Waals surface area contributed by atoms with Crippen LogP contribution in [0.15, 0.2) is 10.5 Å². The van der Waals surface area contributed by atoms with Gasteiger partial charge in [-0.25, -0.2) is 17.7 Å². The fraction of sp³-hybridized carbons (Fsp3) is 0.385. The molecule has 1 saturated heterocycles. The first kappa shape index (κ1) is 26.4. The van der Waals surface area contributed by atoms with Crippen molar-refractivity contribution in [3.8, 4) is 0 Å². The Bertz CT molecular complexity index is 997. The van der Waals surface area contributed by atoms with E-state index >= 15 is 0 Å². The number of hydrogen-bond acceptors (Lipinski definition) is 11. The number of carbonyl (C=O) groups is 4. The van der Waals surface area contributed by atoms with Crippen molar-refractivity contribution in [2.45, 2.75) is 19.0 Å². The van der Waals surface area contributed by atoms with Gasteiger partial charge >= 0.3 is 29.6 Å². The van der Waals surface area contributed by atoms with E-state index in [0.717, 1.165) is 25.4 Å². The number of rotatable bonds is 8. The zero-order valence-electron chi connectivity index (χ0n) is 15.7. The number of Topliss-reactive ketones (excluding diaryl/α,β-unsaturated/α-hetero) is 1. The van der Waals surface area contributed by atoms with Crippen molar-refractivity contribution in [2.75, 3.05) is 18.3 Å². The molecule has 2 rings (SSSR count). The fourth-order valence-electron chi connectivity index (χ4n) is 2.35. The number of hydrogen-bond donors (Lipinski definition) is 2. The van der Waals surface area contributed by atoms with E-state index in [1.165, 1.54) is 5.38 Å². The minimum absolute atomic E-state index is 0. The molecule has 2 N–H and O–H groups in total. The minimum Gasteiger partial charge on any atom is -0.731 e. The Balaban J connectivity index is 0.00000450. The van der Waals surface area contributed by atoms with E-state index in [9.17, 15) is 32.1 Å². The van der Waals surface area contributed by atoms with E-state index in [1.54, 1.807) is 0 Å².